The first kappa shape index (κ1) is 29.9. The zero-order valence-corrected chi connectivity index (χ0v) is 27.9. The fraction of sp³-hybridized carbons (Fsp3) is 0.0612. The standard InChI is InChI=1S/C49H37N/c1-5-17-36(18-6-1)38-31-33-42(34-32-38)50(43-26-15-21-39(35-43)37-19-7-2-8-20-37)47-30-16-29-46-48(47)44-27-13-14-28-45(44)49(46,40-22-9-3-10-23-40)41-24-11-4-12-25-41/h1-14,16-25,27-35H,15,26H2. The highest BCUT2D eigenvalue weighted by Gasteiger charge is 2.47. The van der Waals surface area contributed by atoms with Crippen molar-refractivity contribution < 1.29 is 0 Å². The number of fused-ring (bicyclic) bond motifs is 3. The van der Waals surface area contributed by atoms with Crippen molar-refractivity contribution in [2.45, 2.75) is 18.3 Å². The van der Waals surface area contributed by atoms with Crippen molar-refractivity contribution in [1.29, 1.82) is 0 Å². The first-order chi connectivity index (χ1) is 24.8. The van der Waals surface area contributed by atoms with Crippen LogP contribution in [0.25, 0.3) is 27.8 Å². The summed E-state index contributed by atoms with van der Waals surface area (Å²) in [6, 6.07) is 68.7. The van der Waals surface area contributed by atoms with Gasteiger partial charge >= 0.3 is 0 Å². The highest BCUT2D eigenvalue weighted by Crippen LogP contribution is 2.59. The number of hydrogen-bond donors (Lipinski definition) is 0. The smallest absolute Gasteiger partial charge is 0.0714 e. The molecule has 7 aromatic rings. The van der Waals surface area contributed by atoms with Gasteiger partial charge in [-0.25, -0.2) is 0 Å². The summed E-state index contributed by atoms with van der Waals surface area (Å²) in [5.41, 5.74) is 15.9. The molecule has 0 spiro atoms. The predicted octanol–water partition coefficient (Wildman–Crippen LogP) is 12.6. The number of allylic oxidation sites excluding steroid dienone is 4. The van der Waals surface area contributed by atoms with E-state index in [1.54, 1.807) is 0 Å². The fourth-order valence-electron chi connectivity index (χ4n) is 8.25. The molecule has 0 unspecified atom stereocenters. The summed E-state index contributed by atoms with van der Waals surface area (Å²) < 4.78 is 0. The van der Waals surface area contributed by atoms with Gasteiger partial charge in [-0.3, -0.25) is 0 Å². The third-order valence-electron chi connectivity index (χ3n) is 10.4. The van der Waals surface area contributed by atoms with Crippen LogP contribution in [0.15, 0.2) is 206 Å². The molecule has 0 saturated heterocycles. The van der Waals surface area contributed by atoms with Crippen molar-refractivity contribution in [3.63, 3.8) is 0 Å². The Morgan fingerprint density at radius 3 is 1.64 bits per heavy atom. The number of benzene rings is 7. The SMILES string of the molecule is C1=C(c2ccccc2)C=C(N(c2ccc(-c3ccccc3)cc2)c2cccc3c2-c2ccccc2C3(c2ccccc2)c2ccccc2)CC1. The lowest BCUT2D eigenvalue weighted by Gasteiger charge is -2.35. The van der Waals surface area contributed by atoms with Crippen molar-refractivity contribution in [2.75, 3.05) is 4.90 Å². The first-order valence-corrected chi connectivity index (χ1v) is 17.6. The Bertz CT molecular complexity index is 2300. The quantitative estimate of drug-likeness (QED) is 0.168. The van der Waals surface area contributed by atoms with Gasteiger partial charge in [-0.05, 0) is 87.2 Å². The van der Waals surface area contributed by atoms with Crippen LogP contribution in [0.4, 0.5) is 11.4 Å². The lowest BCUT2D eigenvalue weighted by Crippen LogP contribution is -2.28. The number of rotatable bonds is 7. The summed E-state index contributed by atoms with van der Waals surface area (Å²) in [5.74, 6) is 0. The van der Waals surface area contributed by atoms with E-state index in [0.29, 0.717) is 0 Å². The Morgan fingerprint density at radius 2 is 0.980 bits per heavy atom. The molecule has 2 aliphatic rings. The van der Waals surface area contributed by atoms with Gasteiger partial charge in [-0.2, -0.15) is 0 Å². The third kappa shape index (κ3) is 4.94. The molecule has 0 bridgehead atoms. The van der Waals surface area contributed by atoms with E-state index in [1.807, 2.05) is 0 Å². The molecule has 0 heterocycles. The topological polar surface area (TPSA) is 3.24 Å². The minimum Gasteiger partial charge on any atom is -0.314 e. The van der Waals surface area contributed by atoms with Crippen LogP contribution in [-0.4, -0.2) is 0 Å². The second-order valence-corrected chi connectivity index (χ2v) is 13.2. The molecule has 9 rings (SSSR count). The second kappa shape index (κ2) is 12.7. The zero-order valence-electron chi connectivity index (χ0n) is 27.9. The van der Waals surface area contributed by atoms with Gasteiger partial charge in [0.2, 0.25) is 0 Å². The van der Waals surface area contributed by atoms with E-state index in [2.05, 4.69) is 205 Å². The molecule has 0 amide bonds. The molecule has 0 N–H and O–H groups in total. The Labute approximate surface area is 295 Å². The van der Waals surface area contributed by atoms with E-state index in [4.69, 9.17) is 0 Å². The minimum absolute atomic E-state index is 0.455. The summed E-state index contributed by atoms with van der Waals surface area (Å²) in [6.07, 6.45) is 6.73. The molecule has 1 heteroatoms. The van der Waals surface area contributed by atoms with E-state index >= 15 is 0 Å². The number of nitrogens with zero attached hydrogens (tertiary/aromatic N) is 1. The Balaban J connectivity index is 1.30. The maximum Gasteiger partial charge on any atom is 0.0714 e. The lowest BCUT2D eigenvalue weighted by atomic mass is 9.68. The molecule has 2 aliphatic carbocycles. The molecular weight excluding hydrogens is 603 g/mol. The minimum atomic E-state index is -0.455. The Morgan fingerprint density at radius 1 is 0.440 bits per heavy atom. The summed E-state index contributed by atoms with van der Waals surface area (Å²) in [7, 11) is 0. The highest BCUT2D eigenvalue weighted by atomic mass is 15.2. The zero-order chi connectivity index (χ0) is 33.3. The molecule has 238 valence electrons. The van der Waals surface area contributed by atoms with Crippen LogP contribution in [-0.2, 0) is 5.41 Å². The predicted molar refractivity (Wildman–Crippen MR) is 209 cm³/mol. The van der Waals surface area contributed by atoms with E-state index in [1.165, 1.54) is 67.0 Å². The molecule has 50 heavy (non-hydrogen) atoms. The van der Waals surface area contributed by atoms with Crippen LogP contribution in [0.1, 0.15) is 40.7 Å². The fourth-order valence-corrected chi connectivity index (χ4v) is 8.25. The van der Waals surface area contributed by atoms with E-state index in [9.17, 15) is 0 Å². The van der Waals surface area contributed by atoms with Crippen LogP contribution in [0, 0.1) is 0 Å². The Hall–Kier alpha value is -6.18. The van der Waals surface area contributed by atoms with Crippen LogP contribution in [0.2, 0.25) is 0 Å². The molecule has 1 nitrogen and oxygen atoms in total. The Kier molecular flexibility index (Phi) is 7.59. The van der Waals surface area contributed by atoms with Gasteiger partial charge in [-0.15, -0.1) is 0 Å². The number of anilines is 2. The monoisotopic (exact) mass is 639 g/mol. The molecule has 0 atom stereocenters. The molecule has 0 fully saturated rings. The van der Waals surface area contributed by atoms with Crippen LogP contribution in [0.5, 0.6) is 0 Å². The average molecular weight is 640 g/mol. The summed E-state index contributed by atoms with van der Waals surface area (Å²) in [5, 5.41) is 0. The molecule has 0 aliphatic heterocycles. The van der Waals surface area contributed by atoms with Crippen molar-refractivity contribution in [3.8, 4) is 22.3 Å². The van der Waals surface area contributed by atoms with Crippen molar-refractivity contribution in [1.82, 2.24) is 0 Å². The van der Waals surface area contributed by atoms with Gasteiger partial charge in [0.15, 0.2) is 0 Å². The maximum atomic E-state index is 2.53. The molecule has 0 radical (unpaired) electrons. The molecule has 0 saturated carbocycles. The largest absolute Gasteiger partial charge is 0.314 e. The molecular formula is C49H37N. The van der Waals surface area contributed by atoms with Crippen LogP contribution >= 0.6 is 0 Å². The first-order valence-electron chi connectivity index (χ1n) is 17.6. The average Bonchev–Trinajstić information content (AvgIpc) is 3.51. The number of hydrogen-bond acceptors (Lipinski definition) is 1. The lowest BCUT2D eigenvalue weighted by molar-refractivity contribution is 0.768. The maximum absolute atomic E-state index is 2.53. The van der Waals surface area contributed by atoms with Gasteiger partial charge in [0.25, 0.3) is 0 Å². The summed E-state index contributed by atoms with van der Waals surface area (Å²) >= 11 is 0. The van der Waals surface area contributed by atoms with Gasteiger partial charge in [-0.1, -0.05) is 176 Å². The highest BCUT2D eigenvalue weighted by molar-refractivity contribution is 5.96. The summed E-state index contributed by atoms with van der Waals surface area (Å²) in [4.78, 5) is 2.53. The summed E-state index contributed by atoms with van der Waals surface area (Å²) in [6.45, 7) is 0. The van der Waals surface area contributed by atoms with Crippen LogP contribution < -0.4 is 4.90 Å². The van der Waals surface area contributed by atoms with Gasteiger partial charge in [0.05, 0.1) is 11.1 Å². The van der Waals surface area contributed by atoms with E-state index in [-0.39, 0.29) is 0 Å². The second-order valence-electron chi connectivity index (χ2n) is 13.2. The van der Waals surface area contributed by atoms with E-state index < -0.39 is 5.41 Å². The van der Waals surface area contributed by atoms with Gasteiger partial charge in [0.1, 0.15) is 0 Å². The normalized spacial score (nSPS) is 14.2. The molecule has 0 aromatic heterocycles. The van der Waals surface area contributed by atoms with Crippen molar-refractivity contribution in [3.05, 3.63) is 234 Å². The van der Waals surface area contributed by atoms with Crippen LogP contribution in [0.3, 0.4) is 0 Å². The van der Waals surface area contributed by atoms with Crippen molar-refractivity contribution in [2.24, 2.45) is 0 Å². The van der Waals surface area contributed by atoms with Gasteiger partial charge in [0, 0.05) is 16.9 Å². The molecule has 7 aromatic carbocycles. The van der Waals surface area contributed by atoms with Gasteiger partial charge < -0.3 is 4.90 Å². The third-order valence-corrected chi connectivity index (χ3v) is 10.4. The van der Waals surface area contributed by atoms with Crippen molar-refractivity contribution >= 4 is 16.9 Å². The van der Waals surface area contributed by atoms with E-state index in [0.717, 1.165) is 18.5 Å².